The highest BCUT2D eigenvalue weighted by Gasteiger charge is 2.69. The van der Waals surface area contributed by atoms with Crippen LogP contribution in [-0.4, -0.2) is 49.3 Å². The minimum atomic E-state index is -1.02. The SMILES string of the molecule is COc1cccc2c1N(C)[C@@H]1CC[C@@]3(CC(O)(c4ccccc4)c4ccccc4)CCCN4CC[C@@]21[C@H]43. The molecule has 192 valence electrons. The minimum absolute atomic E-state index is 0.0389. The van der Waals surface area contributed by atoms with Crippen LogP contribution in [0.15, 0.2) is 78.9 Å². The first-order chi connectivity index (χ1) is 18.0. The fourth-order valence-corrected chi connectivity index (χ4v) is 9.32. The molecule has 1 aliphatic carbocycles. The predicted octanol–water partition coefficient (Wildman–Crippen LogP) is 5.73. The van der Waals surface area contributed by atoms with E-state index in [-0.39, 0.29) is 10.8 Å². The van der Waals surface area contributed by atoms with Gasteiger partial charge in [-0.25, -0.2) is 0 Å². The third-order valence-corrected chi connectivity index (χ3v) is 10.5. The Morgan fingerprint density at radius 3 is 2.27 bits per heavy atom. The number of nitrogens with zero attached hydrogens (tertiary/aromatic N) is 2. The second kappa shape index (κ2) is 8.34. The fraction of sp³-hybridized carbons (Fsp3) is 0.455. The molecule has 37 heavy (non-hydrogen) atoms. The van der Waals surface area contributed by atoms with Gasteiger partial charge in [0.2, 0.25) is 0 Å². The van der Waals surface area contributed by atoms with Crippen molar-refractivity contribution in [2.24, 2.45) is 5.41 Å². The second-order valence-electron chi connectivity index (χ2n) is 12.0. The molecule has 0 radical (unpaired) electrons. The lowest BCUT2D eigenvalue weighted by Gasteiger charge is -2.60. The Morgan fingerprint density at radius 2 is 1.59 bits per heavy atom. The Hall–Kier alpha value is -2.82. The van der Waals surface area contributed by atoms with Crippen LogP contribution in [0.5, 0.6) is 5.75 Å². The number of para-hydroxylation sites is 1. The van der Waals surface area contributed by atoms with Crippen molar-refractivity contribution < 1.29 is 9.84 Å². The van der Waals surface area contributed by atoms with Crippen LogP contribution < -0.4 is 9.64 Å². The van der Waals surface area contributed by atoms with Crippen molar-refractivity contribution >= 4 is 5.69 Å². The van der Waals surface area contributed by atoms with Crippen LogP contribution in [0.25, 0.3) is 0 Å². The summed E-state index contributed by atoms with van der Waals surface area (Å²) in [5.41, 5.74) is 3.87. The highest BCUT2D eigenvalue weighted by molar-refractivity contribution is 5.73. The molecule has 3 aromatic carbocycles. The van der Waals surface area contributed by atoms with Crippen LogP contribution >= 0.6 is 0 Å². The molecule has 3 fully saturated rings. The van der Waals surface area contributed by atoms with Gasteiger partial charge < -0.3 is 14.7 Å². The zero-order valence-electron chi connectivity index (χ0n) is 22.1. The minimum Gasteiger partial charge on any atom is -0.495 e. The molecule has 2 saturated heterocycles. The number of methoxy groups -OCH3 is 1. The van der Waals surface area contributed by atoms with Gasteiger partial charge in [0, 0.05) is 24.5 Å². The fourth-order valence-electron chi connectivity index (χ4n) is 9.32. The number of hydrogen-bond acceptors (Lipinski definition) is 4. The van der Waals surface area contributed by atoms with E-state index in [1.165, 1.54) is 37.1 Å². The van der Waals surface area contributed by atoms with Crippen LogP contribution in [0.2, 0.25) is 0 Å². The average molecular weight is 495 g/mol. The van der Waals surface area contributed by atoms with Gasteiger partial charge in [-0.15, -0.1) is 0 Å². The Labute approximate surface area is 220 Å². The summed E-state index contributed by atoms with van der Waals surface area (Å²) >= 11 is 0. The number of ether oxygens (including phenoxy) is 1. The van der Waals surface area contributed by atoms with Gasteiger partial charge in [-0.3, -0.25) is 4.90 Å². The summed E-state index contributed by atoms with van der Waals surface area (Å²) in [7, 11) is 4.08. The third-order valence-electron chi connectivity index (χ3n) is 10.5. The standard InChI is InChI=1S/C33H38N2O2/c1-34-28-17-19-31(23-33(36,24-11-5-3-6-12-24)25-13-7-4-8-14-25)18-10-21-35-22-20-32(28,30(31)35)26-15-9-16-27(37-2)29(26)34/h3-9,11-16,28,30,36H,10,17-23H2,1-2H3/t28-,30-,31-,32-/m1/s1. The van der Waals surface area contributed by atoms with Crippen LogP contribution in [-0.2, 0) is 11.0 Å². The van der Waals surface area contributed by atoms with Crippen LogP contribution in [0.3, 0.4) is 0 Å². The zero-order chi connectivity index (χ0) is 25.3. The first-order valence-electron chi connectivity index (χ1n) is 14.0. The highest BCUT2D eigenvalue weighted by atomic mass is 16.5. The quantitative estimate of drug-likeness (QED) is 0.492. The van der Waals surface area contributed by atoms with Gasteiger partial charge in [-0.1, -0.05) is 72.8 Å². The molecule has 1 saturated carbocycles. The molecule has 3 aromatic rings. The largest absolute Gasteiger partial charge is 0.495 e. The molecular weight excluding hydrogens is 456 g/mol. The molecule has 0 bridgehead atoms. The molecule has 0 unspecified atom stereocenters. The molecule has 4 atom stereocenters. The van der Waals surface area contributed by atoms with E-state index in [4.69, 9.17) is 4.74 Å². The first-order valence-corrected chi connectivity index (χ1v) is 14.0. The number of benzene rings is 3. The summed E-state index contributed by atoms with van der Waals surface area (Å²) in [6, 6.07) is 28.4. The number of likely N-dealkylation sites (N-methyl/N-ethyl adjacent to an activating group) is 1. The molecular formula is C33H38N2O2. The Balaban J connectivity index is 1.40. The summed E-state index contributed by atoms with van der Waals surface area (Å²) < 4.78 is 5.90. The third kappa shape index (κ3) is 3.09. The van der Waals surface area contributed by atoms with Crippen molar-refractivity contribution in [2.45, 2.75) is 61.6 Å². The lowest BCUT2D eigenvalue weighted by molar-refractivity contribution is -0.0821. The maximum absolute atomic E-state index is 12.8. The highest BCUT2D eigenvalue weighted by Crippen LogP contribution is 2.67. The molecule has 0 aromatic heterocycles. The Bertz CT molecular complexity index is 1250. The first kappa shape index (κ1) is 23.3. The summed E-state index contributed by atoms with van der Waals surface area (Å²) in [5.74, 6) is 0.994. The predicted molar refractivity (Wildman–Crippen MR) is 148 cm³/mol. The van der Waals surface area contributed by atoms with E-state index < -0.39 is 5.60 Å². The smallest absolute Gasteiger partial charge is 0.142 e. The van der Waals surface area contributed by atoms with E-state index in [0.717, 1.165) is 42.7 Å². The number of rotatable bonds is 5. The van der Waals surface area contributed by atoms with E-state index >= 15 is 0 Å². The van der Waals surface area contributed by atoms with E-state index in [1.54, 1.807) is 7.11 Å². The van der Waals surface area contributed by atoms with Crippen LogP contribution in [0.4, 0.5) is 5.69 Å². The topological polar surface area (TPSA) is 35.9 Å². The normalized spacial score (nSPS) is 30.5. The molecule has 4 heteroatoms. The molecule has 0 amide bonds. The van der Waals surface area contributed by atoms with Crippen molar-refractivity contribution in [1.29, 1.82) is 0 Å². The van der Waals surface area contributed by atoms with Gasteiger partial charge in [0.1, 0.15) is 11.4 Å². The number of fused-ring (bicyclic) bond motifs is 1. The summed E-state index contributed by atoms with van der Waals surface area (Å²) in [6.45, 7) is 2.31. The van der Waals surface area contributed by atoms with Gasteiger partial charge in [0.05, 0.1) is 12.8 Å². The molecule has 7 rings (SSSR count). The molecule has 3 heterocycles. The van der Waals surface area contributed by atoms with Gasteiger partial charge in [0.25, 0.3) is 0 Å². The van der Waals surface area contributed by atoms with Gasteiger partial charge in [-0.05, 0) is 79.8 Å². The Morgan fingerprint density at radius 1 is 0.892 bits per heavy atom. The number of aliphatic hydroxyl groups is 1. The van der Waals surface area contributed by atoms with Gasteiger partial charge >= 0.3 is 0 Å². The number of hydrogen-bond donors (Lipinski definition) is 1. The molecule has 4 aliphatic rings. The lowest BCUT2D eigenvalue weighted by atomic mass is 9.50. The monoisotopic (exact) mass is 494 g/mol. The van der Waals surface area contributed by atoms with Crippen molar-refractivity contribution in [3.05, 3.63) is 95.6 Å². The Kier molecular flexibility index (Phi) is 5.25. The van der Waals surface area contributed by atoms with Crippen molar-refractivity contribution in [2.75, 3.05) is 32.1 Å². The number of piperidine rings is 1. The zero-order valence-corrected chi connectivity index (χ0v) is 22.1. The van der Waals surface area contributed by atoms with Crippen molar-refractivity contribution in [3.63, 3.8) is 0 Å². The van der Waals surface area contributed by atoms with E-state index in [1.807, 2.05) is 12.1 Å². The molecule has 4 nitrogen and oxygen atoms in total. The summed E-state index contributed by atoms with van der Waals surface area (Å²) in [4.78, 5) is 5.34. The number of anilines is 1. The lowest BCUT2D eigenvalue weighted by Crippen LogP contribution is -2.65. The van der Waals surface area contributed by atoms with Crippen LogP contribution in [0, 0.1) is 5.41 Å². The van der Waals surface area contributed by atoms with Gasteiger partial charge in [0.15, 0.2) is 0 Å². The molecule has 1 N–H and O–H groups in total. The molecule has 1 spiro atoms. The van der Waals surface area contributed by atoms with E-state index in [0.29, 0.717) is 12.1 Å². The average Bonchev–Trinajstić information content (AvgIpc) is 3.46. The second-order valence-corrected chi connectivity index (χ2v) is 12.0. The van der Waals surface area contributed by atoms with Crippen molar-refractivity contribution in [3.8, 4) is 5.75 Å². The maximum atomic E-state index is 12.8. The summed E-state index contributed by atoms with van der Waals surface area (Å²) in [6.07, 6.45) is 6.61. The summed E-state index contributed by atoms with van der Waals surface area (Å²) in [5, 5.41) is 12.8. The van der Waals surface area contributed by atoms with Crippen LogP contribution in [0.1, 0.15) is 55.2 Å². The molecule has 3 aliphatic heterocycles. The maximum Gasteiger partial charge on any atom is 0.142 e. The van der Waals surface area contributed by atoms with E-state index in [2.05, 4.69) is 83.6 Å². The van der Waals surface area contributed by atoms with Gasteiger partial charge in [-0.2, -0.15) is 0 Å². The van der Waals surface area contributed by atoms with E-state index in [9.17, 15) is 5.11 Å². The van der Waals surface area contributed by atoms with Crippen molar-refractivity contribution in [1.82, 2.24) is 4.90 Å².